The smallest absolute Gasteiger partial charge is 0.417 e. The van der Waals surface area contributed by atoms with E-state index in [0.29, 0.717) is 22.2 Å². The second-order valence-corrected chi connectivity index (χ2v) is 8.31. The summed E-state index contributed by atoms with van der Waals surface area (Å²) in [6, 6.07) is 12.5. The Morgan fingerprint density at radius 2 is 1.90 bits per heavy atom. The molecule has 0 radical (unpaired) electrons. The van der Waals surface area contributed by atoms with Crippen LogP contribution < -0.4 is 4.74 Å². The summed E-state index contributed by atoms with van der Waals surface area (Å²) in [5, 5.41) is 20.9. The lowest BCUT2D eigenvalue weighted by Crippen LogP contribution is -2.55. The first-order valence-electron chi connectivity index (χ1n) is 9.57. The maximum absolute atomic E-state index is 14.1. The number of ether oxygens (including phenoxy) is 1. The molecule has 0 aliphatic carbocycles. The van der Waals surface area contributed by atoms with Gasteiger partial charge in [-0.05, 0) is 38.5 Å². The van der Waals surface area contributed by atoms with Crippen molar-refractivity contribution in [3.8, 4) is 11.8 Å². The van der Waals surface area contributed by atoms with Crippen LogP contribution in [-0.2, 0) is 12.0 Å². The van der Waals surface area contributed by atoms with Crippen molar-refractivity contribution in [3.05, 3.63) is 64.3 Å². The van der Waals surface area contributed by atoms with Gasteiger partial charge in [-0.1, -0.05) is 29.8 Å². The molecule has 7 heteroatoms. The number of hydrogen-bond acceptors (Lipinski definition) is 3. The maximum Gasteiger partial charge on any atom is 0.417 e. The summed E-state index contributed by atoms with van der Waals surface area (Å²) >= 11 is 0. The average molecular weight is 414 g/mol. The Kier molecular flexibility index (Phi) is 4.41. The molecule has 4 rings (SSSR count). The minimum absolute atomic E-state index is 0.0575. The minimum Gasteiger partial charge on any atom is -0.482 e. The first-order chi connectivity index (χ1) is 14.0. The van der Waals surface area contributed by atoms with E-state index in [2.05, 4.69) is 4.98 Å². The topological polar surface area (TPSA) is 69.0 Å². The number of nitriles is 1. The predicted octanol–water partition coefficient (Wildman–Crippen LogP) is 5.19. The molecule has 2 atom stereocenters. The highest BCUT2D eigenvalue weighted by molar-refractivity contribution is 5.87. The van der Waals surface area contributed by atoms with Gasteiger partial charge in [-0.25, -0.2) is 0 Å². The molecule has 156 valence electrons. The van der Waals surface area contributed by atoms with Crippen molar-refractivity contribution in [2.24, 2.45) is 0 Å². The van der Waals surface area contributed by atoms with E-state index in [0.717, 1.165) is 11.1 Å². The first kappa shape index (κ1) is 20.3. The highest BCUT2D eigenvalue weighted by atomic mass is 19.4. The van der Waals surface area contributed by atoms with Gasteiger partial charge in [-0.3, -0.25) is 0 Å². The molecule has 0 saturated carbocycles. The molecular formula is C23H21F3N2O2. The van der Waals surface area contributed by atoms with E-state index >= 15 is 0 Å². The standard InChI is InChI=1S/C23H21F3N2O2/c1-13-8-14(2)20-17(9-13)21(3,30-20)12-22(29,23(24,25)26)10-19-16(11-27)15-6-4-5-7-18(15)28-19/h4-9,28-29H,10,12H2,1-3H3. The lowest BCUT2D eigenvalue weighted by molar-refractivity contribution is -0.276. The van der Waals surface area contributed by atoms with Gasteiger partial charge in [0.15, 0.2) is 5.60 Å². The number of H-pyrrole nitrogens is 1. The molecule has 4 nitrogen and oxygen atoms in total. The van der Waals surface area contributed by atoms with Crippen molar-refractivity contribution < 1.29 is 23.0 Å². The Hall–Kier alpha value is -2.98. The molecule has 0 saturated heterocycles. The summed E-state index contributed by atoms with van der Waals surface area (Å²) in [5.41, 5.74) is -1.23. The molecular weight excluding hydrogens is 393 g/mol. The molecule has 1 aliphatic heterocycles. The van der Waals surface area contributed by atoms with Crippen molar-refractivity contribution in [2.75, 3.05) is 0 Å². The number of aromatic amines is 1. The molecule has 2 N–H and O–H groups in total. The summed E-state index contributed by atoms with van der Waals surface area (Å²) in [7, 11) is 0. The van der Waals surface area contributed by atoms with E-state index in [1.54, 1.807) is 37.3 Å². The SMILES string of the molecule is Cc1cc(C)c2c(c1)C(C)(CC(O)(Cc1[nH]c3ccccc3c1C#N)C(F)(F)F)O2. The van der Waals surface area contributed by atoms with Gasteiger partial charge in [0.1, 0.15) is 17.4 Å². The van der Waals surface area contributed by atoms with Gasteiger partial charge in [0, 0.05) is 35.0 Å². The molecule has 30 heavy (non-hydrogen) atoms. The van der Waals surface area contributed by atoms with Crippen LogP contribution in [0.1, 0.15) is 41.3 Å². The molecule has 2 unspecified atom stereocenters. The normalized spacial score (nSPS) is 20.1. The summed E-state index contributed by atoms with van der Waals surface area (Å²) in [6.45, 7) is 5.26. The quantitative estimate of drug-likeness (QED) is 0.617. The number of nitrogens with zero attached hydrogens (tertiary/aromatic N) is 1. The summed E-state index contributed by atoms with van der Waals surface area (Å²) in [6.07, 6.45) is -6.37. The van der Waals surface area contributed by atoms with Gasteiger partial charge >= 0.3 is 6.18 Å². The Morgan fingerprint density at radius 1 is 1.20 bits per heavy atom. The number of aliphatic hydroxyl groups is 1. The highest BCUT2D eigenvalue weighted by Crippen LogP contribution is 2.53. The highest BCUT2D eigenvalue weighted by Gasteiger charge is 2.60. The van der Waals surface area contributed by atoms with Gasteiger partial charge in [0.2, 0.25) is 0 Å². The third-order valence-electron chi connectivity index (χ3n) is 5.84. The number of nitrogens with one attached hydrogen (secondary N) is 1. The second-order valence-electron chi connectivity index (χ2n) is 8.31. The van der Waals surface area contributed by atoms with E-state index in [9.17, 15) is 23.5 Å². The first-order valence-corrected chi connectivity index (χ1v) is 9.57. The maximum atomic E-state index is 14.1. The fourth-order valence-corrected chi connectivity index (χ4v) is 4.42. The number of aryl methyl sites for hydroxylation is 2. The number of para-hydroxylation sites is 1. The third-order valence-corrected chi connectivity index (χ3v) is 5.84. The number of hydrogen-bond donors (Lipinski definition) is 2. The van der Waals surface area contributed by atoms with Gasteiger partial charge in [-0.2, -0.15) is 18.4 Å². The third kappa shape index (κ3) is 3.03. The van der Waals surface area contributed by atoms with E-state index < -0.39 is 30.2 Å². The average Bonchev–Trinajstić information content (AvgIpc) is 2.99. The molecule has 0 amide bonds. The van der Waals surface area contributed by atoms with Crippen LogP contribution in [-0.4, -0.2) is 21.9 Å². The van der Waals surface area contributed by atoms with Crippen molar-refractivity contribution in [3.63, 3.8) is 0 Å². The monoisotopic (exact) mass is 414 g/mol. The lowest BCUT2D eigenvalue weighted by Gasteiger charge is -2.47. The zero-order valence-corrected chi connectivity index (χ0v) is 16.8. The van der Waals surface area contributed by atoms with Crippen LogP contribution in [0.2, 0.25) is 0 Å². The van der Waals surface area contributed by atoms with Gasteiger partial charge < -0.3 is 14.8 Å². The Balaban J connectivity index is 1.74. The largest absolute Gasteiger partial charge is 0.482 e. The lowest BCUT2D eigenvalue weighted by atomic mass is 9.76. The zero-order chi connectivity index (χ0) is 21.9. The Labute approximate surface area is 171 Å². The fourth-order valence-electron chi connectivity index (χ4n) is 4.42. The Bertz CT molecular complexity index is 1190. The van der Waals surface area contributed by atoms with E-state index in [-0.39, 0.29) is 11.3 Å². The molecule has 3 aromatic rings. The van der Waals surface area contributed by atoms with Crippen LogP contribution in [0.3, 0.4) is 0 Å². The second kappa shape index (κ2) is 6.51. The summed E-state index contributed by atoms with van der Waals surface area (Å²) in [4.78, 5) is 2.88. The number of fused-ring (bicyclic) bond motifs is 2. The van der Waals surface area contributed by atoms with Crippen molar-refractivity contribution in [2.45, 2.75) is 51.0 Å². The molecule has 2 aromatic carbocycles. The van der Waals surface area contributed by atoms with Crippen LogP contribution in [0, 0.1) is 25.2 Å². The molecule has 0 fully saturated rings. The summed E-state index contributed by atoms with van der Waals surface area (Å²) < 4.78 is 48.1. The fraction of sp³-hybridized carbons (Fsp3) is 0.348. The van der Waals surface area contributed by atoms with Gasteiger partial charge in [-0.15, -0.1) is 0 Å². The van der Waals surface area contributed by atoms with E-state index in [4.69, 9.17) is 4.74 Å². The van der Waals surface area contributed by atoms with Crippen molar-refractivity contribution >= 4 is 10.9 Å². The molecule has 1 aromatic heterocycles. The Morgan fingerprint density at radius 3 is 2.57 bits per heavy atom. The molecule has 0 bridgehead atoms. The number of alkyl halides is 3. The van der Waals surface area contributed by atoms with E-state index in [1.165, 1.54) is 0 Å². The van der Waals surface area contributed by atoms with Gasteiger partial charge in [0.05, 0.1) is 5.56 Å². The van der Waals surface area contributed by atoms with Crippen LogP contribution in [0.25, 0.3) is 10.9 Å². The number of rotatable bonds is 4. The van der Waals surface area contributed by atoms with Crippen LogP contribution >= 0.6 is 0 Å². The van der Waals surface area contributed by atoms with Crippen LogP contribution in [0.15, 0.2) is 36.4 Å². The predicted molar refractivity (Wildman–Crippen MR) is 106 cm³/mol. The van der Waals surface area contributed by atoms with Crippen molar-refractivity contribution in [1.29, 1.82) is 5.26 Å². The minimum atomic E-state index is -4.92. The van der Waals surface area contributed by atoms with Crippen LogP contribution in [0.5, 0.6) is 5.75 Å². The zero-order valence-electron chi connectivity index (χ0n) is 16.8. The van der Waals surface area contributed by atoms with Crippen LogP contribution in [0.4, 0.5) is 13.2 Å². The van der Waals surface area contributed by atoms with Crippen molar-refractivity contribution in [1.82, 2.24) is 4.98 Å². The number of aromatic nitrogens is 1. The molecule has 1 aliphatic rings. The summed E-state index contributed by atoms with van der Waals surface area (Å²) in [5.74, 6) is 0.566. The molecule has 0 spiro atoms. The number of halogens is 3. The molecule has 2 heterocycles. The van der Waals surface area contributed by atoms with Gasteiger partial charge in [0.25, 0.3) is 0 Å². The number of benzene rings is 2. The van der Waals surface area contributed by atoms with E-state index in [1.807, 2.05) is 26.0 Å².